The molecule has 0 aromatic carbocycles. The predicted molar refractivity (Wildman–Crippen MR) is 97.2 cm³/mol. The maximum Gasteiger partial charge on any atom is 0.241 e. The van der Waals surface area contributed by atoms with Gasteiger partial charge in [-0.15, -0.1) is 0 Å². The van der Waals surface area contributed by atoms with Crippen molar-refractivity contribution in [2.75, 3.05) is 31.1 Å². The van der Waals surface area contributed by atoms with E-state index in [-0.39, 0.29) is 12.3 Å². The van der Waals surface area contributed by atoms with Gasteiger partial charge in [0.25, 0.3) is 0 Å². The Hall–Kier alpha value is -2.94. The highest BCUT2D eigenvalue weighted by Gasteiger charge is 2.23. The zero-order valence-electron chi connectivity index (χ0n) is 14.6. The second-order valence-electron chi connectivity index (χ2n) is 6.33. The number of aliphatic hydroxyl groups is 1. The molecule has 9 nitrogen and oxygen atoms in total. The number of H-pyrrole nitrogens is 1. The fraction of sp³-hybridized carbons (Fsp3) is 0.412. The number of aliphatic hydroxyl groups excluding tert-OH is 1. The first-order chi connectivity index (χ1) is 12.4. The second kappa shape index (κ2) is 7.52. The van der Waals surface area contributed by atoms with Crippen LogP contribution in [0.5, 0.6) is 0 Å². The molecule has 0 radical (unpaired) electrons. The molecule has 1 aliphatic heterocycles. The van der Waals surface area contributed by atoms with Crippen LogP contribution in [0.2, 0.25) is 0 Å². The van der Waals surface area contributed by atoms with Gasteiger partial charge in [-0.05, 0) is 13.0 Å². The fourth-order valence-electron chi connectivity index (χ4n) is 2.92. The van der Waals surface area contributed by atoms with Crippen LogP contribution in [0.25, 0.3) is 17.2 Å². The maximum atomic E-state index is 12.0. The molecule has 4 N–H and O–H groups in total. The fourth-order valence-corrected chi connectivity index (χ4v) is 2.92. The number of nitrogens with one attached hydrogen (secondary N) is 1. The highest BCUT2D eigenvalue weighted by Crippen LogP contribution is 2.20. The van der Waals surface area contributed by atoms with Crippen molar-refractivity contribution in [3.05, 3.63) is 24.0 Å². The van der Waals surface area contributed by atoms with Gasteiger partial charge in [-0.1, -0.05) is 0 Å². The molecule has 1 unspecified atom stereocenters. The topological polar surface area (TPSA) is 128 Å². The molecular formula is C17H22N6O3. The Bertz CT molecular complexity index is 836. The molecule has 3 heterocycles. The van der Waals surface area contributed by atoms with Crippen LogP contribution in [0, 0.1) is 0 Å². The first kappa shape index (κ1) is 17.9. The first-order valence-corrected chi connectivity index (χ1v) is 8.46. The molecule has 138 valence electrons. The Morgan fingerprint density at radius 3 is 2.77 bits per heavy atom. The summed E-state index contributed by atoms with van der Waals surface area (Å²) in [5, 5.41) is 9.35. The van der Waals surface area contributed by atoms with Crippen molar-refractivity contribution in [3.63, 3.8) is 0 Å². The van der Waals surface area contributed by atoms with Crippen molar-refractivity contribution in [3.8, 4) is 0 Å². The lowest BCUT2D eigenvalue weighted by atomic mass is 10.2. The van der Waals surface area contributed by atoms with E-state index in [1.165, 1.54) is 6.08 Å². The van der Waals surface area contributed by atoms with Crippen molar-refractivity contribution in [1.29, 1.82) is 0 Å². The summed E-state index contributed by atoms with van der Waals surface area (Å²) in [6.45, 7) is 4.05. The highest BCUT2D eigenvalue weighted by molar-refractivity contribution is 5.93. The number of carbonyl (C=O) groups excluding carboxylic acids is 2. The monoisotopic (exact) mass is 358 g/mol. The third-order valence-corrected chi connectivity index (χ3v) is 4.25. The number of hydrogen-bond acceptors (Lipinski definition) is 6. The lowest BCUT2D eigenvalue weighted by Gasteiger charge is -2.35. The number of nitrogens with zero attached hydrogens (tertiary/aromatic N) is 4. The van der Waals surface area contributed by atoms with Gasteiger partial charge in [-0.3, -0.25) is 9.59 Å². The quantitative estimate of drug-likeness (QED) is 0.639. The molecule has 1 saturated heterocycles. The van der Waals surface area contributed by atoms with Crippen LogP contribution < -0.4 is 10.6 Å². The number of fused-ring (bicyclic) bond motifs is 1. The number of primary amides is 1. The van der Waals surface area contributed by atoms with Crippen molar-refractivity contribution < 1.29 is 14.7 Å². The number of carbonyl (C=O) groups is 2. The Morgan fingerprint density at radius 1 is 1.38 bits per heavy atom. The van der Waals surface area contributed by atoms with Crippen LogP contribution in [0.15, 0.2) is 18.5 Å². The molecule has 3 rings (SSSR count). The summed E-state index contributed by atoms with van der Waals surface area (Å²) in [5.41, 5.74) is 7.16. The molecule has 1 atom stereocenters. The van der Waals surface area contributed by atoms with Crippen molar-refractivity contribution >= 4 is 34.9 Å². The predicted octanol–water partition coefficient (Wildman–Crippen LogP) is -0.124. The van der Waals surface area contributed by atoms with Gasteiger partial charge >= 0.3 is 0 Å². The Kier molecular flexibility index (Phi) is 5.17. The molecule has 1 fully saturated rings. The molecule has 0 spiro atoms. The van der Waals surface area contributed by atoms with Crippen molar-refractivity contribution in [2.45, 2.75) is 19.4 Å². The van der Waals surface area contributed by atoms with Gasteiger partial charge in [0.2, 0.25) is 11.8 Å². The molecular weight excluding hydrogens is 336 g/mol. The minimum Gasteiger partial charge on any atom is -0.393 e. The van der Waals surface area contributed by atoms with E-state index in [4.69, 9.17) is 5.73 Å². The molecule has 0 saturated carbocycles. The molecule has 0 aliphatic carbocycles. The molecule has 0 bridgehead atoms. The van der Waals surface area contributed by atoms with E-state index in [1.54, 1.807) is 30.3 Å². The summed E-state index contributed by atoms with van der Waals surface area (Å²) in [6, 6.07) is 0. The van der Waals surface area contributed by atoms with Crippen LogP contribution >= 0.6 is 0 Å². The maximum absolute atomic E-state index is 12.0. The van der Waals surface area contributed by atoms with Gasteiger partial charge in [-0.25, -0.2) is 9.97 Å². The zero-order chi connectivity index (χ0) is 18.7. The molecule has 1 aliphatic rings. The van der Waals surface area contributed by atoms with Gasteiger partial charge in [0.15, 0.2) is 5.65 Å². The number of aromatic amines is 1. The van der Waals surface area contributed by atoms with E-state index >= 15 is 0 Å². The van der Waals surface area contributed by atoms with Crippen LogP contribution in [0.3, 0.4) is 0 Å². The van der Waals surface area contributed by atoms with Crippen LogP contribution in [-0.2, 0) is 9.59 Å². The van der Waals surface area contributed by atoms with Crippen LogP contribution in [0.4, 0.5) is 5.82 Å². The van der Waals surface area contributed by atoms with Gasteiger partial charge < -0.3 is 25.6 Å². The van der Waals surface area contributed by atoms with Gasteiger partial charge in [-0.2, -0.15) is 0 Å². The highest BCUT2D eigenvalue weighted by atomic mass is 16.3. The third kappa shape index (κ3) is 3.99. The van der Waals surface area contributed by atoms with Crippen molar-refractivity contribution in [1.82, 2.24) is 19.9 Å². The summed E-state index contributed by atoms with van der Waals surface area (Å²) in [5.74, 6) is 0.153. The summed E-state index contributed by atoms with van der Waals surface area (Å²) >= 11 is 0. The Balaban J connectivity index is 1.72. The van der Waals surface area contributed by atoms with E-state index in [2.05, 4.69) is 19.9 Å². The number of piperazine rings is 1. The lowest BCUT2D eigenvalue weighted by Crippen LogP contribution is -2.49. The smallest absolute Gasteiger partial charge is 0.241 e. The SMILES string of the molecule is CC(O)CC(=O)N1CCN(c2cnc3[nH]cc(C=CC(N)=O)c3n2)CC1. The molecule has 2 amide bonds. The van der Waals surface area contributed by atoms with Crippen molar-refractivity contribution in [2.24, 2.45) is 5.73 Å². The number of anilines is 1. The molecule has 9 heteroatoms. The largest absolute Gasteiger partial charge is 0.393 e. The summed E-state index contributed by atoms with van der Waals surface area (Å²) < 4.78 is 0. The van der Waals surface area contributed by atoms with E-state index in [0.717, 1.165) is 5.56 Å². The average molecular weight is 358 g/mol. The summed E-state index contributed by atoms with van der Waals surface area (Å²) in [4.78, 5) is 38.8. The minimum atomic E-state index is -0.630. The van der Waals surface area contributed by atoms with E-state index in [9.17, 15) is 14.7 Å². The van der Waals surface area contributed by atoms with E-state index < -0.39 is 12.0 Å². The lowest BCUT2D eigenvalue weighted by molar-refractivity contribution is -0.133. The van der Waals surface area contributed by atoms with E-state index in [0.29, 0.717) is 43.2 Å². The minimum absolute atomic E-state index is 0.0364. The second-order valence-corrected chi connectivity index (χ2v) is 6.33. The molecule has 26 heavy (non-hydrogen) atoms. The third-order valence-electron chi connectivity index (χ3n) is 4.25. The number of rotatable bonds is 5. The van der Waals surface area contributed by atoms with Gasteiger partial charge in [0.05, 0.1) is 18.7 Å². The number of hydrogen-bond donors (Lipinski definition) is 3. The Labute approximate surface area is 150 Å². The van der Waals surface area contributed by atoms with Gasteiger partial charge in [0, 0.05) is 44.0 Å². The summed E-state index contributed by atoms with van der Waals surface area (Å²) in [6.07, 6.45) is 5.81. The Morgan fingerprint density at radius 2 is 2.12 bits per heavy atom. The number of aromatic nitrogens is 3. The van der Waals surface area contributed by atoms with Crippen LogP contribution in [0.1, 0.15) is 18.9 Å². The van der Waals surface area contributed by atoms with Crippen LogP contribution in [-0.4, -0.2) is 69.1 Å². The van der Waals surface area contributed by atoms with E-state index in [1.807, 2.05) is 0 Å². The number of nitrogens with two attached hydrogens (primary N) is 1. The molecule has 2 aromatic heterocycles. The standard InChI is InChI=1S/C17H22N6O3/c1-11(24)8-15(26)23-6-4-22(5-7-23)14-10-20-17-16(21-14)12(9-19-17)2-3-13(18)25/h2-3,9-11,24H,4-8H2,1H3,(H2,18,25)(H,19,20). The normalized spacial score (nSPS) is 16.4. The number of amides is 2. The zero-order valence-corrected chi connectivity index (χ0v) is 14.6. The summed E-state index contributed by atoms with van der Waals surface area (Å²) in [7, 11) is 0. The van der Waals surface area contributed by atoms with Gasteiger partial charge in [0.1, 0.15) is 11.3 Å². The average Bonchev–Trinajstić information content (AvgIpc) is 3.01. The molecule has 2 aromatic rings. The first-order valence-electron chi connectivity index (χ1n) is 8.46.